The molecule has 2 rings (SSSR count). The Morgan fingerprint density at radius 1 is 1.12 bits per heavy atom. The molecule has 2 aromatic carbocycles. The Labute approximate surface area is 97.7 Å². The number of hydrogen-bond donors (Lipinski definition) is 2. The number of hydrogen-bond acceptors (Lipinski definition) is 2. The number of primary amides is 1. The molecule has 0 bridgehead atoms. The normalized spacial score (nSPS) is 10.4. The summed E-state index contributed by atoms with van der Waals surface area (Å²) in [5.74, 6) is -1.56. The number of aromatic carboxylic acids is 1. The second kappa shape index (κ2) is 3.90. The highest BCUT2D eigenvalue weighted by Gasteiger charge is 2.14. The number of rotatable bonds is 2. The molecule has 0 saturated heterocycles. The maximum absolute atomic E-state index is 11.3. The lowest BCUT2D eigenvalue weighted by Crippen LogP contribution is -2.12. The summed E-state index contributed by atoms with van der Waals surface area (Å²) in [6.45, 7) is 1.68. The van der Waals surface area contributed by atoms with E-state index in [1.165, 1.54) is 6.07 Å². The predicted octanol–water partition coefficient (Wildman–Crippen LogP) is 1.95. The van der Waals surface area contributed by atoms with Crippen LogP contribution < -0.4 is 5.73 Å². The van der Waals surface area contributed by atoms with Crippen LogP contribution in [0.4, 0.5) is 0 Å². The second-order valence-corrected chi connectivity index (χ2v) is 3.81. The number of carboxylic acid groups (broad SMARTS) is 1. The van der Waals surface area contributed by atoms with Crippen LogP contribution in [0.5, 0.6) is 0 Å². The van der Waals surface area contributed by atoms with Crippen LogP contribution in [-0.4, -0.2) is 17.0 Å². The van der Waals surface area contributed by atoms with Crippen LogP contribution in [0.2, 0.25) is 0 Å². The summed E-state index contributed by atoms with van der Waals surface area (Å²) in [6, 6.07) is 8.36. The number of carbonyl (C=O) groups excluding carboxylic acids is 1. The van der Waals surface area contributed by atoms with Gasteiger partial charge in [-0.05, 0) is 35.4 Å². The molecule has 0 heterocycles. The molecule has 0 atom stereocenters. The fourth-order valence-electron chi connectivity index (χ4n) is 2.00. The first kappa shape index (κ1) is 11.1. The zero-order chi connectivity index (χ0) is 12.6. The third-order valence-electron chi connectivity index (χ3n) is 2.80. The molecule has 0 aliphatic heterocycles. The van der Waals surface area contributed by atoms with E-state index >= 15 is 0 Å². The van der Waals surface area contributed by atoms with Gasteiger partial charge in [-0.1, -0.05) is 18.2 Å². The Kier molecular flexibility index (Phi) is 2.55. The van der Waals surface area contributed by atoms with E-state index in [-0.39, 0.29) is 5.56 Å². The lowest BCUT2D eigenvalue weighted by molar-refractivity contribution is 0.0696. The Morgan fingerprint density at radius 2 is 1.82 bits per heavy atom. The lowest BCUT2D eigenvalue weighted by atomic mass is 9.96. The third kappa shape index (κ3) is 1.73. The fourth-order valence-corrected chi connectivity index (χ4v) is 2.00. The minimum atomic E-state index is -1.01. The van der Waals surface area contributed by atoms with Crippen LogP contribution in [0, 0.1) is 6.92 Å². The molecular weight excluding hydrogens is 218 g/mol. The average molecular weight is 229 g/mol. The van der Waals surface area contributed by atoms with Crippen molar-refractivity contribution < 1.29 is 14.7 Å². The Hall–Kier alpha value is -2.36. The van der Waals surface area contributed by atoms with E-state index in [0.717, 1.165) is 5.39 Å². The van der Waals surface area contributed by atoms with Crippen molar-refractivity contribution >= 4 is 22.6 Å². The van der Waals surface area contributed by atoms with Crippen molar-refractivity contribution in [3.8, 4) is 0 Å². The molecule has 0 fully saturated rings. The van der Waals surface area contributed by atoms with Gasteiger partial charge in [-0.15, -0.1) is 0 Å². The Bertz CT molecular complexity index is 632. The topological polar surface area (TPSA) is 80.4 Å². The highest BCUT2D eigenvalue weighted by Crippen LogP contribution is 2.25. The van der Waals surface area contributed by atoms with Crippen molar-refractivity contribution in [1.82, 2.24) is 0 Å². The number of nitrogens with two attached hydrogens (primary N) is 1. The van der Waals surface area contributed by atoms with Crippen LogP contribution in [-0.2, 0) is 0 Å². The molecule has 0 aliphatic rings. The third-order valence-corrected chi connectivity index (χ3v) is 2.80. The highest BCUT2D eigenvalue weighted by molar-refractivity contribution is 6.09. The number of amides is 1. The molecular formula is C13H11NO3. The van der Waals surface area contributed by atoms with Gasteiger partial charge < -0.3 is 10.8 Å². The molecule has 0 radical (unpaired) electrons. The summed E-state index contributed by atoms with van der Waals surface area (Å²) in [7, 11) is 0. The van der Waals surface area contributed by atoms with E-state index < -0.39 is 11.9 Å². The summed E-state index contributed by atoms with van der Waals surface area (Å²) >= 11 is 0. The Balaban J connectivity index is 2.91. The van der Waals surface area contributed by atoms with E-state index in [4.69, 9.17) is 10.8 Å². The van der Waals surface area contributed by atoms with Crippen LogP contribution in [0.3, 0.4) is 0 Å². The van der Waals surface area contributed by atoms with Crippen LogP contribution in [0.25, 0.3) is 10.8 Å². The number of aryl methyl sites for hydroxylation is 1. The maximum atomic E-state index is 11.3. The standard InChI is InChI=1S/C13H11NO3/c1-7-9(13(16)17)6-5-8-3-2-4-10(11(7)8)12(14)15/h2-6H,1H3,(H2,14,15)(H,16,17). The fraction of sp³-hybridized carbons (Fsp3) is 0.0769. The monoisotopic (exact) mass is 229 g/mol. The van der Waals surface area contributed by atoms with Gasteiger partial charge in [-0.2, -0.15) is 0 Å². The Morgan fingerprint density at radius 3 is 2.41 bits per heavy atom. The smallest absolute Gasteiger partial charge is 0.335 e. The number of benzene rings is 2. The molecule has 86 valence electrons. The van der Waals surface area contributed by atoms with Gasteiger partial charge in [-0.25, -0.2) is 4.79 Å². The largest absolute Gasteiger partial charge is 0.478 e. The van der Waals surface area contributed by atoms with Crippen LogP contribution in [0.15, 0.2) is 30.3 Å². The highest BCUT2D eigenvalue weighted by atomic mass is 16.4. The first-order chi connectivity index (χ1) is 8.02. The average Bonchev–Trinajstić information content (AvgIpc) is 2.28. The van der Waals surface area contributed by atoms with Crippen molar-refractivity contribution in [2.45, 2.75) is 6.92 Å². The zero-order valence-corrected chi connectivity index (χ0v) is 9.23. The van der Waals surface area contributed by atoms with Gasteiger partial charge in [0, 0.05) is 5.56 Å². The van der Waals surface area contributed by atoms with E-state index in [1.807, 2.05) is 6.07 Å². The van der Waals surface area contributed by atoms with Gasteiger partial charge in [-0.3, -0.25) is 4.79 Å². The summed E-state index contributed by atoms with van der Waals surface area (Å²) in [4.78, 5) is 22.4. The van der Waals surface area contributed by atoms with Gasteiger partial charge >= 0.3 is 5.97 Å². The summed E-state index contributed by atoms with van der Waals surface area (Å²) < 4.78 is 0. The van der Waals surface area contributed by atoms with Gasteiger partial charge in [0.1, 0.15) is 0 Å². The molecule has 0 aromatic heterocycles. The van der Waals surface area contributed by atoms with Gasteiger partial charge in [0.25, 0.3) is 0 Å². The maximum Gasteiger partial charge on any atom is 0.335 e. The molecule has 1 amide bonds. The molecule has 0 unspecified atom stereocenters. The molecule has 4 nitrogen and oxygen atoms in total. The summed E-state index contributed by atoms with van der Waals surface area (Å²) in [5, 5.41) is 10.5. The predicted molar refractivity (Wildman–Crippen MR) is 64.2 cm³/mol. The molecule has 3 N–H and O–H groups in total. The molecule has 0 spiro atoms. The van der Waals surface area contributed by atoms with Gasteiger partial charge in [0.05, 0.1) is 5.56 Å². The van der Waals surface area contributed by atoms with Crippen molar-refractivity contribution in [2.24, 2.45) is 5.73 Å². The minimum Gasteiger partial charge on any atom is -0.478 e. The van der Waals surface area contributed by atoms with Crippen molar-refractivity contribution in [3.05, 3.63) is 47.0 Å². The first-order valence-electron chi connectivity index (χ1n) is 5.08. The summed E-state index contributed by atoms with van der Waals surface area (Å²) in [5.41, 5.74) is 6.38. The zero-order valence-electron chi connectivity index (χ0n) is 9.23. The minimum absolute atomic E-state index is 0.186. The molecule has 0 aliphatic carbocycles. The number of carboxylic acids is 1. The quantitative estimate of drug-likeness (QED) is 0.825. The van der Waals surface area contributed by atoms with E-state index in [2.05, 4.69) is 0 Å². The lowest BCUT2D eigenvalue weighted by Gasteiger charge is -2.09. The van der Waals surface area contributed by atoms with E-state index in [1.54, 1.807) is 25.1 Å². The van der Waals surface area contributed by atoms with Gasteiger partial charge in [0.15, 0.2) is 0 Å². The molecule has 0 saturated carbocycles. The first-order valence-corrected chi connectivity index (χ1v) is 5.08. The van der Waals surface area contributed by atoms with Gasteiger partial charge in [0.2, 0.25) is 5.91 Å². The molecule has 2 aromatic rings. The number of fused-ring (bicyclic) bond motifs is 1. The SMILES string of the molecule is Cc1c(C(=O)O)ccc2cccc(C(N)=O)c12. The van der Waals surface area contributed by atoms with Crippen molar-refractivity contribution in [2.75, 3.05) is 0 Å². The van der Waals surface area contributed by atoms with Crippen molar-refractivity contribution in [1.29, 1.82) is 0 Å². The summed E-state index contributed by atoms with van der Waals surface area (Å²) in [6.07, 6.45) is 0. The van der Waals surface area contributed by atoms with Crippen LogP contribution >= 0.6 is 0 Å². The van der Waals surface area contributed by atoms with E-state index in [0.29, 0.717) is 16.5 Å². The second-order valence-electron chi connectivity index (χ2n) is 3.81. The molecule has 17 heavy (non-hydrogen) atoms. The van der Waals surface area contributed by atoms with Crippen molar-refractivity contribution in [3.63, 3.8) is 0 Å². The number of carbonyl (C=O) groups is 2. The molecule has 4 heteroatoms. The van der Waals surface area contributed by atoms with Crippen LogP contribution in [0.1, 0.15) is 26.3 Å². The van der Waals surface area contributed by atoms with E-state index in [9.17, 15) is 9.59 Å².